The highest BCUT2D eigenvalue weighted by Crippen LogP contribution is 2.21. The zero-order valence-electron chi connectivity index (χ0n) is 13.6. The molecule has 1 amide bonds. The van der Waals surface area contributed by atoms with Gasteiger partial charge in [0.2, 0.25) is 0 Å². The highest BCUT2D eigenvalue weighted by atomic mass is 127. The number of nitrogens with two attached hydrogens (primary N) is 1. The fourth-order valence-electron chi connectivity index (χ4n) is 2.33. The highest BCUT2D eigenvalue weighted by molar-refractivity contribution is 14.0. The van der Waals surface area contributed by atoms with Gasteiger partial charge in [0, 0.05) is 30.6 Å². The zero-order valence-corrected chi connectivity index (χ0v) is 16.7. The van der Waals surface area contributed by atoms with Crippen molar-refractivity contribution >= 4 is 47.6 Å². The number of carbonyl (C=O) groups is 1. The third kappa shape index (κ3) is 5.91. The molecule has 1 aliphatic heterocycles. The number of rotatable bonds is 5. The van der Waals surface area contributed by atoms with Crippen LogP contribution in [0, 0.1) is 0 Å². The summed E-state index contributed by atoms with van der Waals surface area (Å²) in [6.07, 6.45) is 1.17. The Kier molecular flexibility index (Phi) is 8.82. The van der Waals surface area contributed by atoms with E-state index in [4.69, 9.17) is 10.2 Å². The molecule has 1 fully saturated rings. The van der Waals surface area contributed by atoms with Crippen LogP contribution in [-0.2, 0) is 6.54 Å². The summed E-state index contributed by atoms with van der Waals surface area (Å²) < 4.78 is 5.37. The monoisotopic (exact) mass is 452 g/mol. The lowest BCUT2D eigenvalue weighted by molar-refractivity contribution is 0.0972. The number of carbonyl (C=O) groups excluding carboxylic acids is 1. The molecule has 1 saturated heterocycles. The van der Waals surface area contributed by atoms with E-state index in [0.717, 1.165) is 31.3 Å². The van der Waals surface area contributed by atoms with Crippen LogP contribution in [0.2, 0.25) is 0 Å². The maximum absolute atomic E-state index is 11.0. The molecule has 1 aromatic rings. The lowest BCUT2D eigenvalue weighted by Gasteiger charge is -2.34. The van der Waals surface area contributed by atoms with Gasteiger partial charge < -0.3 is 20.4 Å². The molecule has 2 heterocycles. The minimum Gasteiger partial charge on any atom is -0.454 e. The molecule has 8 heteroatoms. The summed E-state index contributed by atoms with van der Waals surface area (Å²) in [6.45, 7) is 7.51. The summed E-state index contributed by atoms with van der Waals surface area (Å²) in [5, 5.41) is 3.99. The Labute approximate surface area is 158 Å². The lowest BCUT2D eigenvalue weighted by atomic mass is 10.3. The fourth-order valence-corrected chi connectivity index (χ4v) is 3.51. The maximum atomic E-state index is 11.0. The van der Waals surface area contributed by atoms with Crippen molar-refractivity contribution in [1.29, 1.82) is 0 Å². The van der Waals surface area contributed by atoms with Gasteiger partial charge in [-0.3, -0.25) is 4.79 Å². The average molecular weight is 452 g/mol. The van der Waals surface area contributed by atoms with Crippen molar-refractivity contribution < 1.29 is 9.21 Å². The number of nitrogens with zero attached hydrogens (tertiary/aromatic N) is 2. The van der Waals surface area contributed by atoms with Crippen molar-refractivity contribution in [2.45, 2.75) is 32.1 Å². The first-order valence-electron chi connectivity index (χ1n) is 7.67. The molecular formula is C15H25IN4O2S. The topological polar surface area (TPSA) is 83.9 Å². The van der Waals surface area contributed by atoms with Gasteiger partial charge in [-0.2, -0.15) is 11.8 Å². The molecule has 0 radical (unpaired) electrons. The normalized spacial score (nSPS) is 18.4. The maximum Gasteiger partial charge on any atom is 0.284 e. The number of thioether (sulfide) groups is 1. The van der Waals surface area contributed by atoms with Crippen molar-refractivity contribution in [3.05, 3.63) is 23.7 Å². The summed E-state index contributed by atoms with van der Waals surface area (Å²) in [7, 11) is 0. The first-order chi connectivity index (χ1) is 10.6. The molecule has 1 unspecified atom stereocenters. The molecule has 0 aliphatic carbocycles. The molecule has 0 bridgehead atoms. The van der Waals surface area contributed by atoms with Gasteiger partial charge in [0.05, 0.1) is 0 Å². The Morgan fingerprint density at radius 1 is 1.52 bits per heavy atom. The van der Waals surface area contributed by atoms with E-state index < -0.39 is 5.91 Å². The lowest BCUT2D eigenvalue weighted by Crippen LogP contribution is -2.47. The zero-order chi connectivity index (χ0) is 15.9. The molecule has 0 spiro atoms. The predicted octanol–water partition coefficient (Wildman–Crippen LogP) is 2.29. The quantitative estimate of drug-likeness (QED) is 0.407. The Hall–Kier alpha value is -0.900. The minimum atomic E-state index is -0.555. The number of furan rings is 1. The Bertz CT molecular complexity index is 535. The van der Waals surface area contributed by atoms with Crippen LogP contribution in [0.3, 0.4) is 0 Å². The SMILES string of the molecule is CCNC(=NCc1ccc(C(N)=O)o1)N1CCSC(CC)C1.I. The predicted molar refractivity (Wildman–Crippen MR) is 106 cm³/mol. The molecular weight excluding hydrogens is 427 g/mol. The molecule has 2 rings (SSSR count). The van der Waals surface area contributed by atoms with E-state index in [1.54, 1.807) is 12.1 Å². The number of amides is 1. The van der Waals surface area contributed by atoms with E-state index in [-0.39, 0.29) is 29.7 Å². The smallest absolute Gasteiger partial charge is 0.284 e. The first-order valence-corrected chi connectivity index (χ1v) is 8.72. The number of primary amides is 1. The van der Waals surface area contributed by atoms with Crippen LogP contribution in [0.25, 0.3) is 0 Å². The van der Waals surface area contributed by atoms with Gasteiger partial charge in [-0.1, -0.05) is 6.92 Å². The van der Waals surface area contributed by atoms with Crippen molar-refractivity contribution in [1.82, 2.24) is 10.2 Å². The molecule has 6 nitrogen and oxygen atoms in total. The van der Waals surface area contributed by atoms with E-state index in [2.05, 4.69) is 29.1 Å². The van der Waals surface area contributed by atoms with Gasteiger partial charge in [-0.05, 0) is 25.5 Å². The van der Waals surface area contributed by atoms with Crippen LogP contribution >= 0.6 is 35.7 Å². The van der Waals surface area contributed by atoms with Crippen molar-refractivity contribution in [3.8, 4) is 0 Å². The van der Waals surface area contributed by atoms with Crippen molar-refractivity contribution in [2.75, 3.05) is 25.4 Å². The Morgan fingerprint density at radius 2 is 2.30 bits per heavy atom. The van der Waals surface area contributed by atoms with E-state index in [1.807, 2.05) is 11.8 Å². The molecule has 1 atom stereocenters. The van der Waals surface area contributed by atoms with Crippen LogP contribution < -0.4 is 11.1 Å². The van der Waals surface area contributed by atoms with Crippen molar-refractivity contribution in [3.63, 3.8) is 0 Å². The number of guanidine groups is 1. The molecule has 1 aliphatic rings. The van der Waals surface area contributed by atoms with Crippen LogP contribution in [0.1, 0.15) is 36.6 Å². The molecule has 3 N–H and O–H groups in total. The van der Waals surface area contributed by atoms with Crippen LogP contribution in [0.5, 0.6) is 0 Å². The first kappa shape index (κ1) is 20.1. The summed E-state index contributed by atoms with van der Waals surface area (Å²) in [5.41, 5.74) is 5.19. The van der Waals surface area contributed by atoms with E-state index in [1.165, 1.54) is 6.42 Å². The number of halogens is 1. The van der Waals surface area contributed by atoms with Gasteiger partial charge in [0.1, 0.15) is 12.3 Å². The Balaban J connectivity index is 0.00000264. The number of nitrogens with one attached hydrogen (secondary N) is 1. The molecule has 0 aromatic carbocycles. The average Bonchev–Trinajstić information content (AvgIpc) is 3.00. The van der Waals surface area contributed by atoms with Crippen LogP contribution in [-0.4, -0.2) is 47.4 Å². The summed E-state index contributed by atoms with van der Waals surface area (Å²) in [6, 6.07) is 3.33. The van der Waals surface area contributed by atoms with Gasteiger partial charge in [-0.25, -0.2) is 4.99 Å². The second-order valence-corrected chi connectivity index (χ2v) is 6.56. The third-order valence-electron chi connectivity index (χ3n) is 3.52. The highest BCUT2D eigenvalue weighted by Gasteiger charge is 2.21. The van der Waals surface area contributed by atoms with Gasteiger partial charge in [0.15, 0.2) is 11.7 Å². The van der Waals surface area contributed by atoms with Crippen molar-refractivity contribution in [2.24, 2.45) is 10.7 Å². The summed E-state index contributed by atoms with van der Waals surface area (Å²) in [5.74, 6) is 2.28. The molecule has 23 heavy (non-hydrogen) atoms. The van der Waals surface area contributed by atoms with Crippen LogP contribution in [0.15, 0.2) is 21.5 Å². The van der Waals surface area contributed by atoms with Gasteiger partial charge in [0.25, 0.3) is 5.91 Å². The van der Waals surface area contributed by atoms with E-state index >= 15 is 0 Å². The van der Waals surface area contributed by atoms with Gasteiger partial charge >= 0.3 is 0 Å². The standard InChI is InChI=1S/C15H24N4O2S.HI/c1-3-12-10-19(7-8-22-12)15(17-4-2)18-9-11-5-6-13(21-11)14(16)20;/h5-6,12H,3-4,7-10H2,1-2H3,(H2,16,20)(H,17,18);1H. The fraction of sp³-hybridized carbons (Fsp3) is 0.600. The molecule has 130 valence electrons. The third-order valence-corrected chi connectivity index (χ3v) is 4.89. The summed E-state index contributed by atoms with van der Waals surface area (Å²) >= 11 is 2.03. The molecule has 1 aromatic heterocycles. The summed E-state index contributed by atoms with van der Waals surface area (Å²) in [4.78, 5) is 18.0. The second kappa shape index (κ2) is 10.1. The van der Waals surface area contributed by atoms with E-state index in [9.17, 15) is 4.79 Å². The Morgan fingerprint density at radius 3 is 2.91 bits per heavy atom. The van der Waals surface area contributed by atoms with Crippen LogP contribution in [0.4, 0.5) is 0 Å². The largest absolute Gasteiger partial charge is 0.454 e. The molecule has 0 saturated carbocycles. The van der Waals surface area contributed by atoms with E-state index in [0.29, 0.717) is 17.6 Å². The number of aliphatic imine (C=N–C) groups is 1. The minimum absolute atomic E-state index is 0. The van der Waals surface area contributed by atoms with Gasteiger partial charge in [-0.15, -0.1) is 24.0 Å². The second-order valence-electron chi connectivity index (χ2n) is 5.15. The number of hydrogen-bond donors (Lipinski definition) is 2. The number of hydrogen-bond acceptors (Lipinski definition) is 4.